The van der Waals surface area contributed by atoms with Crippen molar-refractivity contribution in [1.82, 2.24) is 19.9 Å². The van der Waals surface area contributed by atoms with E-state index in [2.05, 4.69) is 20.3 Å². The van der Waals surface area contributed by atoms with Gasteiger partial charge in [0, 0.05) is 29.9 Å². The number of amides is 2. The quantitative estimate of drug-likeness (QED) is 0.440. The number of hydrogen-bond donors (Lipinski definition) is 3. The molecule has 0 aliphatic carbocycles. The Kier molecular flexibility index (Phi) is 5.93. The van der Waals surface area contributed by atoms with Crippen LogP contribution < -0.4 is 10.9 Å². The summed E-state index contributed by atoms with van der Waals surface area (Å²) in [5, 5.41) is 13.0. The van der Waals surface area contributed by atoms with Crippen LogP contribution in [0.5, 0.6) is 0 Å². The van der Waals surface area contributed by atoms with E-state index in [1.165, 1.54) is 0 Å². The van der Waals surface area contributed by atoms with Crippen LogP contribution in [0.2, 0.25) is 0 Å². The van der Waals surface area contributed by atoms with Gasteiger partial charge in [0.25, 0.3) is 11.8 Å². The van der Waals surface area contributed by atoms with E-state index >= 15 is 0 Å². The number of imidazole rings is 1. The summed E-state index contributed by atoms with van der Waals surface area (Å²) in [6.07, 6.45) is 1.54. The molecule has 2 aromatic heterocycles. The lowest BCUT2D eigenvalue weighted by atomic mass is 10.1. The van der Waals surface area contributed by atoms with Gasteiger partial charge in [-0.05, 0) is 50.2 Å². The third kappa shape index (κ3) is 4.91. The lowest BCUT2D eigenvalue weighted by Crippen LogP contribution is -2.32. The molecule has 4 rings (SSSR count). The number of fused-ring (bicyclic) bond motifs is 1. The summed E-state index contributed by atoms with van der Waals surface area (Å²) < 4.78 is 1.79. The molecule has 3 N–H and O–H groups in total. The molecule has 0 saturated carbocycles. The molecule has 0 radical (unpaired) electrons. The molecule has 0 aliphatic heterocycles. The minimum atomic E-state index is -0.997. The van der Waals surface area contributed by atoms with Gasteiger partial charge in [-0.15, -0.1) is 0 Å². The number of carbonyl (C=O) groups excluding carboxylic acids is 2. The van der Waals surface area contributed by atoms with Crippen molar-refractivity contribution in [2.75, 3.05) is 7.05 Å². The minimum absolute atomic E-state index is 0.200. The lowest BCUT2D eigenvalue weighted by molar-refractivity contribution is 0.0612. The Labute approximate surface area is 190 Å². The maximum Gasteiger partial charge on any atom is 0.280 e. The molecule has 33 heavy (non-hydrogen) atoms. The molecular weight excluding hydrogens is 418 g/mol. The molecule has 0 aliphatic rings. The number of aromatic amines is 1. The molecule has 0 spiro atoms. The van der Waals surface area contributed by atoms with E-state index in [0.717, 1.165) is 11.0 Å². The predicted octanol–water partition coefficient (Wildman–Crippen LogP) is 2.90. The topological polar surface area (TPSA) is 112 Å². The Balaban J connectivity index is 1.74. The molecule has 0 bridgehead atoms. The highest BCUT2D eigenvalue weighted by Gasteiger charge is 2.17. The van der Waals surface area contributed by atoms with Crippen molar-refractivity contribution in [2.24, 2.45) is 4.99 Å². The van der Waals surface area contributed by atoms with Crippen LogP contribution in [0, 0.1) is 0 Å². The normalized spacial score (nSPS) is 12.2. The van der Waals surface area contributed by atoms with Crippen molar-refractivity contribution < 1.29 is 14.7 Å². The van der Waals surface area contributed by atoms with E-state index in [0.29, 0.717) is 28.0 Å². The fourth-order valence-electron chi connectivity index (χ4n) is 3.60. The smallest absolute Gasteiger partial charge is 0.280 e. The first-order chi connectivity index (χ1) is 15.7. The number of aliphatic hydroxyl groups is 1. The van der Waals surface area contributed by atoms with Gasteiger partial charge in [0.2, 0.25) is 5.62 Å². The van der Waals surface area contributed by atoms with Crippen molar-refractivity contribution in [3.8, 4) is 11.3 Å². The Bertz CT molecular complexity index is 1410. The Morgan fingerprint density at radius 1 is 1.09 bits per heavy atom. The second-order valence-corrected chi connectivity index (χ2v) is 8.37. The number of H-pyrrole nitrogens is 1. The van der Waals surface area contributed by atoms with Crippen LogP contribution in [-0.2, 0) is 6.54 Å². The predicted molar refractivity (Wildman–Crippen MR) is 126 cm³/mol. The van der Waals surface area contributed by atoms with Crippen LogP contribution in [0.4, 0.5) is 0 Å². The van der Waals surface area contributed by atoms with Crippen LogP contribution in [0.3, 0.4) is 0 Å². The zero-order chi connectivity index (χ0) is 23.6. The summed E-state index contributed by atoms with van der Waals surface area (Å²) in [4.78, 5) is 36.8. The van der Waals surface area contributed by atoms with Gasteiger partial charge in [0.15, 0.2) is 0 Å². The van der Waals surface area contributed by atoms with Gasteiger partial charge in [-0.3, -0.25) is 14.6 Å². The first-order valence-corrected chi connectivity index (χ1v) is 10.5. The summed E-state index contributed by atoms with van der Waals surface area (Å²) in [6.45, 7) is 3.67. The maximum absolute atomic E-state index is 13.1. The number of aromatic nitrogens is 3. The number of pyridine rings is 1. The van der Waals surface area contributed by atoms with Crippen molar-refractivity contribution in [3.05, 3.63) is 83.6 Å². The zero-order valence-electron chi connectivity index (χ0n) is 18.7. The molecule has 168 valence electrons. The van der Waals surface area contributed by atoms with Crippen molar-refractivity contribution in [2.45, 2.75) is 26.0 Å². The van der Waals surface area contributed by atoms with E-state index in [9.17, 15) is 14.7 Å². The van der Waals surface area contributed by atoms with Gasteiger partial charge in [-0.25, -0.2) is 0 Å². The number of rotatable bonds is 5. The summed E-state index contributed by atoms with van der Waals surface area (Å²) in [5.41, 5.74) is 3.15. The number of nitrogens with zero attached hydrogens (tertiary/aromatic N) is 3. The molecule has 8 heteroatoms. The van der Waals surface area contributed by atoms with Crippen molar-refractivity contribution in [1.29, 1.82) is 0 Å². The molecule has 2 heterocycles. The third-order valence-electron chi connectivity index (χ3n) is 5.10. The van der Waals surface area contributed by atoms with E-state index in [1.807, 2.05) is 30.3 Å². The average Bonchev–Trinajstić information content (AvgIpc) is 3.14. The third-order valence-corrected chi connectivity index (χ3v) is 5.10. The van der Waals surface area contributed by atoms with Gasteiger partial charge in [-0.2, -0.15) is 4.99 Å². The first kappa shape index (κ1) is 22.2. The molecule has 0 fully saturated rings. The number of benzene rings is 2. The van der Waals surface area contributed by atoms with E-state index in [1.54, 1.807) is 62.0 Å². The number of carbonyl (C=O) groups is 2. The van der Waals surface area contributed by atoms with Crippen LogP contribution in [0.1, 0.15) is 34.6 Å². The van der Waals surface area contributed by atoms with Crippen molar-refractivity contribution >= 4 is 22.8 Å². The van der Waals surface area contributed by atoms with E-state index < -0.39 is 11.5 Å². The highest BCUT2D eigenvalue weighted by molar-refractivity contribution is 5.97. The second kappa shape index (κ2) is 8.84. The van der Waals surface area contributed by atoms with Crippen LogP contribution in [0.25, 0.3) is 22.3 Å². The van der Waals surface area contributed by atoms with Crippen LogP contribution in [-0.4, -0.2) is 44.1 Å². The largest absolute Gasteiger partial charge is 0.389 e. The molecular formula is C25H25N5O3. The molecule has 8 nitrogen and oxygen atoms in total. The van der Waals surface area contributed by atoms with Gasteiger partial charge < -0.3 is 20.0 Å². The van der Waals surface area contributed by atoms with Gasteiger partial charge in [0.05, 0.1) is 28.9 Å². The molecule has 0 atom stereocenters. The monoisotopic (exact) mass is 443 g/mol. The number of nitrogens with one attached hydrogen (secondary N) is 2. The summed E-state index contributed by atoms with van der Waals surface area (Å²) in [7, 11) is 1.57. The maximum atomic E-state index is 13.1. The Morgan fingerprint density at radius 2 is 1.88 bits per heavy atom. The second-order valence-electron chi connectivity index (χ2n) is 8.37. The first-order valence-electron chi connectivity index (χ1n) is 10.5. The van der Waals surface area contributed by atoms with Gasteiger partial charge in [-0.1, -0.05) is 24.3 Å². The summed E-state index contributed by atoms with van der Waals surface area (Å²) >= 11 is 0. The molecule has 2 aromatic carbocycles. The highest BCUT2D eigenvalue weighted by Crippen LogP contribution is 2.20. The molecule has 0 saturated heterocycles. The lowest BCUT2D eigenvalue weighted by Gasteiger charge is -2.18. The standard InChI is InChI=1S/C25H25N5O3/c1-25(2,33)15-30-21-10-5-4-9-19(21)28-24(30)29-23(32)18-11-12-27-20(14-18)16-7-6-8-17(13-16)22(31)26-3/h4-14,33H,15H2,1-3H3,(H,26,31)(H,28,29,32). The summed E-state index contributed by atoms with van der Waals surface area (Å²) in [6, 6.07) is 17.9. The molecule has 0 unspecified atom stereocenters. The number of hydrogen-bond acceptors (Lipinski definition) is 4. The minimum Gasteiger partial charge on any atom is -0.389 e. The SMILES string of the molecule is CNC(=O)c1cccc(-c2cc(C(=O)/N=c3\[nH]c4ccccc4n3CC(C)(C)O)ccn2)c1. The fourth-order valence-corrected chi connectivity index (χ4v) is 3.60. The van der Waals surface area contributed by atoms with E-state index in [4.69, 9.17) is 0 Å². The molecule has 4 aromatic rings. The number of para-hydroxylation sites is 2. The highest BCUT2D eigenvalue weighted by atomic mass is 16.3. The van der Waals surface area contributed by atoms with Crippen molar-refractivity contribution in [3.63, 3.8) is 0 Å². The summed E-state index contributed by atoms with van der Waals surface area (Å²) in [5.74, 6) is -0.647. The Morgan fingerprint density at radius 3 is 2.64 bits per heavy atom. The average molecular weight is 444 g/mol. The Hall–Kier alpha value is -4.04. The van der Waals surface area contributed by atoms with Gasteiger partial charge >= 0.3 is 0 Å². The fraction of sp³-hybridized carbons (Fsp3) is 0.200. The molecule has 2 amide bonds. The van der Waals surface area contributed by atoms with Crippen LogP contribution in [0.15, 0.2) is 71.9 Å². The van der Waals surface area contributed by atoms with Gasteiger partial charge in [0.1, 0.15) is 0 Å². The van der Waals surface area contributed by atoms with Crippen LogP contribution >= 0.6 is 0 Å². The van der Waals surface area contributed by atoms with E-state index in [-0.39, 0.29) is 12.5 Å². The zero-order valence-corrected chi connectivity index (χ0v) is 18.7.